The molecule has 0 atom stereocenters. The van der Waals surface area contributed by atoms with Gasteiger partial charge in [-0.3, -0.25) is 4.79 Å². The van der Waals surface area contributed by atoms with Gasteiger partial charge in [-0.25, -0.2) is 0 Å². The topological polar surface area (TPSA) is 45.1 Å². The van der Waals surface area contributed by atoms with E-state index in [2.05, 4.69) is 55.9 Å². The fourth-order valence-electron chi connectivity index (χ4n) is 4.57. The van der Waals surface area contributed by atoms with E-state index in [0.717, 1.165) is 34.8 Å². The summed E-state index contributed by atoms with van der Waals surface area (Å²) in [6, 6.07) is 13.7. The first-order chi connectivity index (χ1) is 14.8. The largest absolute Gasteiger partial charge is 0.496 e. The number of nitrogens with zero attached hydrogens (tertiary/aromatic N) is 3. The number of hydrazone groups is 1. The lowest BCUT2D eigenvalue weighted by Gasteiger charge is -2.43. The number of likely N-dealkylation sites (N-methyl/N-ethyl adjacent to an activating group) is 1. The van der Waals surface area contributed by atoms with E-state index >= 15 is 0 Å². The molecule has 31 heavy (non-hydrogen) atoms. The van der Waals surface area contributed by atoms with Crippen molar-refractivity contribution in [2.45, 2.75) is 40.2 Å². The van der Waals surface area contributed by atoms with E-state index in [0.29, 0.717) is 11.3 Å². The number of hydrogen-bond acceptors (Lipinski definition) is 4. The number of amides is 1. The van der Waals surface area contributed by atoms with Crippen molar-refractivity contribution in [2.24, 2.45) is 5.10 Å². The Kier molecular flexibility index (Phi) is 5.21. The standard InChI is InChI=1S/C26H29N3O2/c1-7-28-23-15-24(31-6)19(13-21(23)17(2)16-26(28,4)5)14-22-18(3)27-29(25(22)30)20-11-9-8-10-12-20/h8-16H,7H2,1-6H3/b22-14-. The third-order valence-corrected chi connectivity index (χ3v) is 6.01. The minimum atomic E-state index is -0.132. The normalized spacial score (nSPS) is 18.8. The number of carbonyl (C=O) groups is 1. The molecule has 4 rings (SSSR count). The molecule has 5 heteroatoms. The van der Waals surface area contributed by atoms with E-state index in [9.17, 15) is 4.79 Å². The van der Waals surface area contributed by atoms with Gasteiger partial charge in [0.05, 0.1) is 29.6 Å². The number of para-hydroxylation sites is 1. The number of benzene rings is 2. The number of methoxy groups -OCH3 is 1. The van der Waals surface area contributed by atoms with Gasteiger partial charge < -0.3 is 9.64 Å². The van der Waals surface area contributed by atoms with Crippen LogP contribution in [0.25, 0.3) is 11.6 Å². The number of anilines is 2. The van der Waals surface area contributed by atoms with E-state index in [-0.39, 0.29) is 11.4 Å². The maximum Gasteiger partial charge on any atom is 0.280 e. The molecule has 0 radical (unpaired) electrons. The third-order valence-electron chi connectivity index (χ3n) is 6.01. The van der Waals surface area contributed by atoms with Crippen LogP contribution in [0.3, 0.4) is 0 Å². The molecular formula is C26H29N3O2. The number of allylic oxidation sites excluding steroid dienone is 1. The van der Waals surface area contributed by atoms with E-state index in [1.54, 1.807) is 7.11 Å². The first-order valence-electron chi connectivity index (χ1n) is 10.6. The average molecular weight is 416 g/mol. The highest BCUT2D eigenvalue weighted by atomic mass is 16.5. The zero-order valence-corrected chi connectivity index (χ0v) is 19.1. The lowest BCUT2D eigenvalue weighted by molar-refractivity contribution is -0.114. The second-order valence-electron chi connectivity index (χ2n) is 8.53. The summed E-state index contributed by atoms with van der Waals surface area (Å²) in [5.74, 6) is 0.612. The summed E-state index contributed by atoms with van der Waals surface area (Å²) >= 11 is 0. The summed E-state index contributed by atoms with van der Waals surface area (Å²) in [5.41, 5.74) is 6.36. The molecule has 160 valence electrons. The van der Waals surface area contributed by atoms with Gasteiger partial charge in [0.15, 0.2) is 0 Å². The smallest absolute Gasteiger partial charge is 0.280 e. The van der Waals surface area contributed by atoms with Gasteiger partial charge in [0.1, 0.15) is 5.75 Å². The van der Waals surface area contributed by atoms with Crippen LogP contribution in [0.2, 0.25) is 0 Å². The summed E-state index contributed by atoms with van der Waals surface area (Å²) in [7, 11) is 1.67. The first-order valence-corrected chi connectivity index (χ1v) is 10.6. The van der Waals surface area contributed by atoms with Crippen LogP contribution in [0.1, 0.15) is 45.7 Å². The van der Waals surface area contributed by atoms with Crippen molar-refractivity contribution in [3.63, 3.8) is 0 Å². The Morgan fingerprint density at radius 1 is 1.13 bits per heavy atom. The summed E-state index contributed by atoms with van der Waals surface area (Å²) in [6.45, 7) is 11.5. The van der Waals surface area contributed by atoms with Gasteiger partial charge in [-0.1, -0.05) is 24.3 Å². The Bertz CT molecular complexity index is 1130. The molecule has 2 heterocycles. The molecular weight excluding hydrogens is 386 g/mol. The summed E-state index contributed by atoms with van der Waals surface area (Å²) < 4.78 is 5.74. The minimum Gasteiger partial charge on any atom is -0.496 e. The number of carbonyl (C=O) groups excluding carboxylic acids is 1. The molecule has 2 aromatic carbocycles. The molecule has 2 aliphatic rings. The molecule has 2 aromatic rings. The summed E-state index contributed by atoms with van der Waals surface area (Å²) in [5, 5.41) is 5.95. The van der Waals surface area contributed by atoms with Gasteiger partial charge in [-0.15, -0.1) is 0 Å². The molecule has 0 unspecified atom stereocenters. The maximum atomic E-state index is 13.1. The van der Waals surface area contributed by atoms with Crippen molar-refractivity contribution in [1.82, 2.24) is 0 Å². The molecule has 0 bridgehead atoms. The van der Waals surface area contributed by atoms with Gasteiger partial charge >= 0.3 is 0 Å². The minimum absolute atomic E-state index is 0.0718. The highest BCUT2D eigenvalue weighted by molar-refractivity contribution is 6.32. The average Bonchev–Trinajstić information content (AvgIpc) is 3.02. The second-order valence-corrected chi connectivity index (χ2v) is 8.53. The molecule has 0 fully saturated rings. The number of ether oxygens (including phenoxy) is 1. The van der Waals surface area contributed by atoms with Crippen molar-refractivity contribution in [1.29, 1.82) is 0 Å². The summed E-state index contributed by atoms with van der Waals surface area (Å²) in [4.78, 5) is 15.5. The predicted octanol–water partition coefficient (Wildman–Crippen LogP) is 5.52. The fraction of sp³-hybridized carbons (Fsp3) is 0.308. The van der Waals surface area contributed by atoms with Gasteiger partial charge in [0.2, 0.25) is 0 Å². The molecule has 0 saturated carbocycles. The van der Waals surface area contributed by atoms with Crippen LogP contribution in [0.5, 0.6) is 5.75 Å². The SMILES string of the molecule is CCN1c2cc(OC)c(/C=C3\C(=O)N(c4ccccc4)N=C3C)cc2C(C)=CC1(C)C. The predicted molar refractivity (Wildman–Crippen MR) is 129 cm³/mol. The molecule has 0 N–H and O–H groups in total. The van der Waals surface area contributed by atoms with Crippen molar-refractivity contribution >= 4 is 34.6 Å². The van der Waals surface area contributed by atoms with Crippen molar-refractivity contribution in [2.75, 3.05) is 23.6 Å². The van der Waals surface area contributed by atoms with Crippen LogP contribution in [0.15, 0.2) is 59.2 Å². The third kappa shape index (κ3) is 3.54. The van der Waals surface area contributed by atoms with Crippen molar-refractivity contribution in [3.05, 3.63) is 65.2 Å². The van der Waals surface area contributed by atoms with Gasteiger partial charge in [0.25, 0.3) is 5.91 Å². The van der Waals surface area contributed by atoms with Crippen molar-refractivity contribution < 1.29 is 9.53 Å². The lowest BCUT2D eigenvalue weighted by atomic mass is 9.87. The Labute approximate surface area is 184 Å². The Balaban J connectivity index is 1.80. The molecule has 5 nitrogen and oxygen atoms in total. The van der Waals surface area contributed by atoms with Gasteiger partial charge in [-0.05, 0) is 64.5 Å². The van der Waals surface area contributed by atoms with Crippen molar-refractivity contribution in [3.8, 4) is 5.75 Å². The lowest BCUT2D eigenvalue weighted by Crippen LogP contribution is -2.44. The Morgan fingerprint density at radius 2 is 1.84 bits per heavy atom. The summed E-state index contributed by atoms with van der Waals surface area (Å²) in [6.07, 6.45) is 4.19. The monoisotopic (exact) mass is 415 g/mol. The molecule has 0 saturated heterocycles. The van der Waals surface area contributed by atoms with Gasteiger partial charge in [-0.2, -0.15) is 10.1 Å². The fourth-order valence-corrected chi connectivity index (χ4v) is 4.57. The van der Waals surface area contributed by atoms with E-state index in [1.165, 1.54) is 10.6 Å². The van der Waals surface area contributed by atoms with E-state index < -0.39 is 0 Å². The second kappa shape index (κ2) is 7.73. The zero-order valence-electron chi connectivity index (χ0n) is 19.1. The number of rotatable bonds is 4. The van der Waals surface area contributed by atoms with Crippen LogP contribution in [0.4, 0.5) is 11.4 Å². The highest BCUT2D eigenvalue weighted by Gasteiger charge is 2.32. The first kappa shape index (κ1) is 20.9. The van der Waals surface area contributed by atoms with Crippen LogP contribution in [0, 0.1) is 0 Å². The quantitative estimate of drug-likeness (QED) is 0.618. The molecule has 0 spiro atoms. The van der Waals surface area contributed by atoms with E-state index in [4.69, 9.17) is 4.74 Å². The van der Waals surface area contributed by atoms with Crippen LogP contribution >= 0.6 is 0 Å². The van der Waals surface area contributed by atoms with Crippen LogP contribution in [-0.4, -0.2) is 30.8 Å². The molecule has 0 aromatic heterocycles. The van der Waals surface area contributed by atoms with Gasteiger partial charge in [0, 0.05) is 29.4 Å². The highest BCUT2D eigenvalue weighted by Crippen LogP contribution is 2.42. The van der Waals surface area contributed by atoms with Crippen LogP contribution in [-0.2, 0) is 4.79 Å². The van der Waals surface area contributed by atoms with Crippen LogP contribution < -0.4 is 14.6 Å². The van der Waals surface area contributed by atoms with E-state index in [1.807, 2.05) is 43.3 Å². The molecule has 0 aliphatic carbocycles. The Morgan fingerprint density at radius 3 is 2.48 bits per heavy atom. The maximum absolute atomic E-state index is 13.1. The number of hydrogen-bond donors (Lipinski definition) is 0. The number of fused-ring (bicyclic) bond motifs is 1. The molecule has 1 amide bonds. The molecule has 2 aliphatic heterocycles. The zero-order chi connectivity index (χ0) is 22.3. The Hall–Kier alpha value is -3.34.